The molecule has 6 nitrogen and oxygen atoms in total. The number of fused-ring (bicyclic) bond motifs is 1. The van der Waals surface area contributed by atoms with Crippen LogP contribution < -0.4 is 0 Å². The normalized spacial score (nSPS) is 15.3. The standard InChI is InChI=1S/C22H24N6/c1-2-28-21(12-19(27-28)20-14-23-8-9-24-20)17-10-16-11-18(26-22(16)25-13-17)15-6-4-3-5-7-15/h8-15H,2-7H2,1H3,(H,25,26). The summed E-state index contributed by atoms with van der Waals surface area (Å²) in [6.07, 6.45) is 13.7. The molecule has 4 aromatic rings. The van der Waals surface area contributed by atoms with Gasteiger partial charge in [-0.15, -0.1) is 0 Å². The molecule has 28 heavy (non-hydrogen) atoms. The first-order valence-corrected chi connectivity index (χ1v) is 10.1. The maximum absolute atomic E-state index is 4.71. The second kappa shape index (κ2) is 7.19. The van der Waals surface area contributed by atoms with Gasteiger partial charge >= 0.3 is 0 Å². The van der Waals surface area contributed by atoms with E-state index in [0.29, 0.717) is 5.92 Å². The van der Waals surface area contributed by atoms with Gasteiger partial charge in [-0.3, -0.25) is 14.6 Å². The second-order valence-corrected chi connectivity index (χ2v) is 7.54. The summed E-state index contributed by atoms with van der Waals surface area (Å²) >= 11 is 0. The molecule has 142 valence electrons. The van der Waals surface area contributed by atoms with E-state index in [4.69, 9.17) is 10.1 Å². The molecular weight excluding hydrogens is 348 g/mol. The van der Waals surface area contributed by atoms with E-state index in [1.165, 1.54) is 43.2 Å². The number of hydrogen-bond acceptors (Lipinski definition) is 4. The van der Waals surface area contributed by atoms with E-state index < -0.39 is 0 Å². The molecule has 1 aliphatic carbocycles. The lowest BCUT2D eigenvalue weighted by Gasteiger charge is -2.20. The van der Waals surface area contributed by atoms with E-state index in [1.807, 2.05) is 10.9 Å². The van der Waals surface area contributed by atoms with Gasteiger partial charge in [0.1, 0.15) is 17.0 Å². The smallest absolute Gasteiger partial charge is 0.137 e. The topological polar surface area (TPSA) is 72.3 Å². The van der Waals surface area contributed by atoms with Crippen molar-refractivity contribution in [3.8, 4) is 22.6 Å². The fourth-order valence-electron chi connectivity index (χ4n) is 4.26. The van der Waals surface area contributed by atoms with Crippen LogP contribution in [0.25, 0.3) is 33.7 Å². The molecule has 0 saturated heterocycles. The van der Waals surface area contributed by atoms with Crippen molar-refractivity contribution in [1.29, 1.82) is 0 Å². The molecule has 0 atom stereocenters. The van der Waals surface area contributed by atoms with Gasteiger partial charge in [0.2, 0.25) is 0 Å². The number of aromatic amines is 1. The molecule has 0 radical (unpaired) electrons. The molecule has 0 bridgehead atoms. The van der Waals surface area contributed by atoms with E-state index in [1.54, 1.807) is 18.6 Å². The van der Waals surface area contributed by atoms with E-state index in [9.17, 15) is 0 Å². The molecular formula is C22H24N6. The Hall–Kier alpha value is -3.02. The van der Waals surface area contributed by atoms with Gasteiger partial charge < -0.3 is 4.98 Å². The third-order valence-electron chi connectivity index (χ3n) is 5.74. The summed E-state index contributed by atoms with van der Waals surface area (Å²) in [5, 5.41) is 5.88. The molecule has 6 heteroatoms. The molecule has 5 rings (SSSR count). The van der Waals surface area contributed by atoms with Crippen molar-refractivity contribution in [3.63, 3.8) is 0 Å². The van der Waals surface area contributed by atoms with Crippen LogP contribution in [0.2, 0.25) is 0 Å². The summed E-state index contributed by atoms with van der Waals surface area (Å²) in [4.78, 5) is 16.8. The Balaban J connectivity index is 1.53. The Labute approximate surface area is 164 Å². The average Bonchev–Trinajstić information content (AvgIpc) is 3.39. The highest BCUT2D eigenvalue weighted by Gasteiger charge is 2.18. The summed E-state index contributed by atoms with van der Waals surface area (Å²) in [6, 6.07) is 6.58. The van der Waals surface area contributed by atoms with Crippen molar-refractivity contribution >= 4 is 11.0 Å². The first-order valence-electron chi connectivity index (χ1n) is 10.1. The van der Waals surface area contributed by atoms with Gasteiger partial charge in [0.05, 0.1) is 11.9 Å². The number of pyridine rings is 1. The highest BCUT2D eigenvalue weighted by Crippen LogP contribution is 2.34. The lowest BCUT2D eigenvalue weighted by Crippen LogP contribution is -2.04. The maximum Gasteiger partial charge on any atom is 0.137 e. The lowest BCUT2D eigenvalue weighted by molar-refractivity contribution is 0.438. The first-order chi connectivity index (χ1) is 13.8. The quantitative estimate of drug-likeness (QED) is 0.550. The Morgan fingerprint density at radius 1 is 1.00 bits per heavy atom. The summed E-state index contributed by atoms with van der Waals surface area (Å²) < 4.78 is 2.00. The fraction of sp³-hybridized carbons (Fsp3) is 0.364. The van der Waals surface area contributed by atoms with Crippen LogP contribution in [0.15, 0.2) is 43.0 Å². The summed E-state index contributed by atoms with van der Waals surface area (Å²) in [6.45, 7) is 2.88. The van der Waals surface area contributed by atoms with Crippen LogP contribution in [-0.4, -0.2) is 29.7 Å². The van der Waals surface area contributed by atoms with Crippen molar-refractivity contribution in [1.82, 2.24) is 29.7 Å². The minimum atomic E-state index is 0.649. The highest BCUT2D eigenvalue weighted by atomic mass is 15.3. The zero-order chi connectivity index (χ0) is 18.9. The number of hydrogen-bond donors (Lipinski definition) is 1. The minimum absolute atomic E-state index is 0.649. The molecule has 1 aliphatic rings. The predicted molar refractivity (Wildman–Crippen MR) is 110 cm³/mol. The summed E-state index contributed by atoms with van der Waals surface area (Å²) in [5.41, 5.74) is 6.06. The molecule has 1 saturated carbocycles. The number of aryl methyl sites for hydroxylation is 1. The van der Waals surface area contributed by atoms with E-state index in [0.717, 1.165) is 34.8 Å². The third-order valence-corrected chi connectivity index (χ3v) is 5.74. The van der Waals surface area contributed by atoms with E-state index in [-0.39, 0.29) is 0 Å². The third kappa shape index (κ3) is 3.09. The zero-order valence-electron chi connectivity index (χ0n) is 16.1. The number of rotatable bonds is 4. The van der Waals surface area contributed by atoms with Gasteiger partial charge in [0, 0.05) is 41.8 Å². The maximum atomic E-state index is 4.71. The number of nitrogens with one attached hydrogen (secondary N) is 1. The van der Waals surface area contributed by atoms with Crippen molar-refractivity contribution in [2.24, 2.45) is 0 Å². The Kier molecular flexibility index (Phi) is 4.39. The zero-order valence-corrected chi connectivity index (χ0v) is 16.1. The van der Waals surface area contributed by atoms with Gasteiger partial charge in [-0.2, -0.15) is 5.10 Å². The van der Waals surface area contributed by atoms with E-state index >= 15 is 0 Å². The van der Waals surface area contributed by atoms with Crippen LogP contribution in [0.5, 0.6) is 0 Å². The molecule has 1 N–H and O–H groups in total. The van der Waals surface area contributed by atoms with Crippen LogP contribution >= 0.6 is 0 Å². The van der Waals surface area contributed by atoms with Gasteiger partial charge in [-0.1, -0.05) is 19.3 Å². The molecule has 0 amide bonds. The highest BCUT2D eigenvalue weighted by molar-refractivity contribution is 5.82. The van der Waals surface area contributed by atoms with Crippen LogP contribution in [0.4, 0.5) is 0 Å². The van der Waals surface area contributed by atoms with Crippen LogP contribution in [0, 0.1) is 0 Å². The Morgan fingerprint density at radius 2 is 1.89 bits per heavy atom. The molecule has 1 fully saturated rings. The number of aromatic nitrogens is 6. The van der Waals surface area contributed by atoms with E-state index in [2.05, 4.69) is 40.1 Å². The molecule has 0 spiro atoms. The average molecular weight is 372 g/mol. The molecule has 4 heterocycles. The summed E-state index contributed by atoms with van der Waals surface area (Å²) in [7, 11) is 0. The van der Waals surface area contributed by atoms with Crippen molar-refractivity contribution in [2.45, 2.75) is 51.5 Å². The largest absolute Gasteiger partial charge is 0.343 e. The Morgan fingerprint density at radius 3 is 2.68 bits per heavy atom. The minimum Gasteiger partial charge on any atom is -0.343 e. The van der Waals surface area contributed by atoms with Crippen molar-refractivity contribution < 1.29 is 0 Å². The van der Waals surface area contributed by atoms with Crippen LogP contribution in [0.1, 0.15) is 50.6 Å². The Bertz CT molecular complexity index is 1090. The number of H-pyrrole nitrogens is 1. The fourth-order valence-corrected chi connectivity index (χ4v) is 4.26. The van der Waals surface area contributed by atoms with Gasteiger partial charge in [-0.25, -0.2) is 4.98 Å². The van der Waals surface area contributed by atoms with Gasteiger partial charge in [0.25, 0.3) is 0 Å². The van der Waals surface area contributed by atoms with Crippen molar-refractivity contribution in [3.05, 3.63) is 48.7 Å². The lowest BCUT2D eigenvalue weighted by atomic mass is 9.87. The first kappa shape index (κ1) is 17.1. The SMILES string of the molecule is CCn1nc(-c2cnccn2)cc1-c1cnc2[nH]c(C3CCCCC3)cc2c1. The monoisotopic (exact) mass is 372 g/mol. The summed E-state index contributed by atoms with van der Waals surface area (Å²) in [5.74, 6) is 0.649. The molecule has 4 aromatic heterocycles. The molecule has 0 aromatic carbocycles. The van der Waals surface area contributed by atoms with Gasteiger partial charge in [-0.05, 0) is 43.9 Å². The molecule has 0 unspecified atom stereocenters. The molecule has 0 aliphatic heterocycles. The second-order valence-electron chi connectivity index (χ2n) is 7.54. The van der Waals surface area contributed by atoms with Gasteiger partial charge in [0.15, 0.2) is 0 Å². The number of nitrogens with zero attached hydrogens (tertiary/aromatic N) is 5. The predicted octanol–water partition coefficient (Wildman–Crippen LogP) is 4.95. The van der Waals surface area contributed by atoms with Crippen LogP contribution in [0.3, 0.4) is 0 Å². The van der Waals surface area contributed by atoms with Crippen LogP contribution in [-0.2, 0) is 6.54 Å². The van der Waals surface area contributed by atoms with Crippen molar-refractivity contribution in [2.75, 3.05) is 0 Å².